The van der Waals surface area contributed by atoms with Crippen LogP contribution in [0.1, 0.15) is 19.3 Å². The summed E-state index contributed by atoms with van der Waals surface area (Å²) < 4.78 is 22.1. The summed E-state index contributed by atoms with van der Waals surface area (Å²) in [6, 6.07) is 0. The number of hydrogen-bond acceptors (Lipinski definition) is 3. The molecule has 1 atom stereocenters. The number of sulfone groups is 1. The summed E-state index contributed by atoms with van der Waals surface area (Å²) in [4.78, 5) is 10.4. The highest BCUT2D eigenvalue weighted by Crippen LogP contribution is 2.19. The Morgan fingerprint density at radius 2 is 2.00 bits per heavy atom. The van der Waals surface area contributed by atoms with Gasteiger partial charge in [-0.05, 0) is 12.8 Å². The number of rotatable bonds is 1. The molecule has 1 rings (SSSR count). The highest BCUT2D eigenvalue weighted by Gasteiger charge is 2.34. The molecular weight excluding hydrogens is 168 g/mol. The van der Waals surface area contributed by atoms with Crippen LogP contribution in [0.4, 0.5) is 0 Å². The summed E-state index contributed by atoms with van der Waals surface area (Å²) in [5.41, 5.74) is 0. The van der Waals surface area contributed by atoms with Gasteiger partial charge < -0.3 is 5.11 Å². The van der Waals surface area contributed by atoms with Gasteiger partial charge in [-0.15, -0.1) is 0 Å². The fourth-order valence-electron chi connectivity index (χ4n) is 1.23. The first-order valence-electron chi connectivity index (χ1n) is 3.48. The van der Waals surface area contributed by atoms with Crippen molar-refractivity contribution in [2.45, 2.75) is 24.5 Å². The first-order chi connectivity index (χ1) is 5.04. The topological polar surface area (TPSA) is 71.4 Å². The van der Waals surface area contributed by atoms with E-state index in [2.05, 4.69) is 0 Å². The molecule has 0 aromatic carbocycles. The van der Waals surface area contributed by atoms with E-state index in [1.807, 2.05) is 0 Å². The second-order valence-electron chi connectivity index (χ2n) is 2.69. The van der Waals surface area contributed by atoms with E-state index in [1.54, 1.807) is 0 Å². The van der Waals surface area contributed by atoms with Crippen LogP contribution >= 0.6 is 0 Å². The van der Waals surface area contributed by atoms with Gasteiger partial charge in [0.1, 0.15) is 0 Å². The minimum absolute atomic E-state index is 0.0317. The van der Waals surface area contributed by atoms with Crippen molar-refractivity contribution < 1.29 is 18.3 Å². The van der Waals surface area contributed by atoms with Crippen LogP contribution in [0.15, 0.2) is 0 Å². The average molecular weight is 178 g/mol. The third-order valence-corrected chi connectivity index (χ3v) is 4.02. The van der Waals surface area contributed by atoms with Crippen molar-refractivity contribution in [1.29, 1.82) is 0 Å². The molecule has 1 N–H and O–H groups in total. The van der Waals surface area contributed by atoms with Crippen molar-refractivity contribution in [3.8, 4) is 0 Å². The maximum atomic E-state index is 11.0. The fraction of sp³-hybridized carbons (Fsp3) is 0.833. The predicted molar refractivity (Wildman–Crippen MR) is 39.1 cm³/mol. The molecule has 11 heavy (non-hydrogen) atoms. The molecule has 4 nitrogen and oxygen atoms in total. The first kappa shape index (κ1) is 8.52. The summed E-state index contributed by atoms with van der Waals surface area (Å²) in [5, 5.41) is 7.35. The monoisotopic (exact) mass is 178 g/mol. The van der Waals surface area contributed by atoms with Crippen molar-refractivity contribution in [3.05, 3.63) is 0 Å². The van der Waals surface area contributed by atoms with Crippen molar-refractivity contribution >= 4 is 15.8 Å². The van der Waals surface area contributed by atoms with E-state index in [9.17, 15) is 13.2 Å². The minimum Gasteiger partial charge on any atom is -0.480 e. The summed E-state index contributed by atoms with van der Waals surface area (Å²) in [6.07, 6.45) is 1.58. The van der Waals surface area contributed by atoms with Gasteiger partial charge in [-0.25, -0.2) is 8.42 Å². The van der Waals surface area contributed by atoms with E-state index in [4.69, 9.17) is 5.11 Å². The van der Waals surface area contributed by atoms with Gasteiger partial charge in [-0.3, -0.25) is 4.79 Å². The Bertz CT molecular complexity index is 254. The summed E-state index contributed by atoms with van der Waals surface area (Å²) in [5.74, 6) is -1.17. The van der Waals surface area contributed by atoms with Crippen LogP contribution in [0.2, 0.25) is 0 Å². The zero-order chi connectivity index (χ0) is 8.48. The van der Waals surface area contributed by atoms with E-state index in [0.717, 1.165) is 0 Å². The van der Waals surface area contributed by atoms with Crippen LogP contribution in [0.3, 0.4) is 0 Å². The lowest BCUT2D eigenvalue weighted by atomic mass is 10.2. The SMILES string of the molecule is O=C(O)[C@@H]1CCCCS1(=O)=O. The van der Waals surface area contributed by atoms with Gasteiger partial charge in [0.05, 0.1) is 5.75 Å². The van der Waals surface area contributed by atoms with E-state index in [1.165, 1.54) is 0 Å². The third-order valence-electron chi connectivity index (χ3n) is 1.85. The lowest BCUT2D eigenvalue weighted by Gasteiger charge is -2.17. The Kier molecular flexibility index (Phi) is 2.17. The summed E-state index contributed by atoms with van der Waals surface area (Å²) in [7, 11) is -3.32. The molecule has 0 spiro atoms. The highest BCUT2D eigenvalue weighted by atomic mass is 32.2. The van der Waals surface area contributed by atoms with Crippen LogP contribution in [0.5, 0.6) is 0 Å². The lowest BCUT2D eigenvalue weighted by Crippen LogP contribution is -2.35. The van der Waals surface area contributed by atoms with Gasteiger partial charge >= 0.3 is 5.97 Å². The molecule has 1 aliphatic heterocycles. The highest BCUT2D eigenvalue weighted by molar-refractivity contribution is 7.92. The van der Waals surface area contributed by atoms with E-state index in [0.29, 0.717) is 12.8 Å². The fourth-order valence-corrected chi connectivity index (χ4v) is 2.96. The molecule has 0 radical (unpaired) electrons. The van der Waals surface area contributed by atoms with Gasteiger partial charge in [0.15, 0.2) is 15.1 Å². The molecule has 0 bridgehead atoms. The molecule has 1 aliphatic rings. The average Bonchev–Trinajstić information content (AvgIpc) is 1.85. The minimum atomic E-state index is -3.32. The lowest BCUT2D eigenvalue weighted by molar-refractivity contribution is -0.136. The molecule has 0 aromatic rings. The summed E-state index contributed by atoms with van der Waals surface area (Å²) >= 11 is 0. The quantitative estimate of drug-likeness (QED) is 0.615. The first-order valence-corrected chi connectivity index (χ1v) is 5.20. The zero-order valence-corrected chi connectivity index (χ0v) is 6.80. The zero-order valence-electron chi connectivity index (χ0n) is 5.99. The molecule has 0 amide bonds. The molecule has 1 saturated heterocycles. The Hall–Kier alpha value is -0.580. The van der Waals surface area contributed by atoms with Crippen molar-refractivity contribution in [3.63, 3.8) is 0 Å². The van der Waals surface area contributed by atoms with E-state index in [-0.39, 0.29) is 12.2 Å². The normalized spacial score (nSPS) is 29.6. The number of carboxylic acid groups (broad SMARTS) is 1. The Labute approximate surface area is 65.1 Å². The molecule has 1 fully saturated rings. The molecule has 0 aliphatic carbocycles. The molecule has 1 heterocycles. The van der Waals surface area contributed by atoms with E-state index >= 15 is 0 Å². The Morgan fingerprint density at radius 1 is 1.36 bits per heavy atom. The van der Waals surface area contributed by atoms with Crippen LogP contribution in [0, 0.1) is 0 Å². The van der Waals surface area contributed by atoms with Crippen LogP contribution < -0.4 is 0 Å². The second kappa shape index (κ2) is 2.81. The second-order valence-corrected chi connectivity index (χ2v) is 4.99. The standard InChI is InChI=1S/C6H10O4S/c7-6(8)5-3-1-2-4-11(5,9)10/h5H,1-4H2,(H,7,8)/t5-/m0/s1. The van der Waals surface area contributed by atoms with E-state index < -0.39 is 21.1 Å². The van der Waals surface area contributed by atoms with Crippen LogP contribution in [-0.2, 0) is 14.6 Å². The number of aliphatic carboxylic acids is 1. The number of carboxylic acids is 1. The Morgan fingerprint density at radius 3 is 2.36 bits per heavy atom. The molecule has 0 saturated carbocycles. The van der Waals surface area contributed by atoms with Crippen LogP contribution in [-0.4, -0.2) is 30.5 Å². The molecule has 5 heteroatoms. The van der Waals surface area contributed by atoms with Gasteiger partial charge in [-0.1, -0.05) is 6.42 Å². The summed E-state index contributed by atoms with van der Waals surface area (Å²) in [6.45, 7) is 0. The molecule has 64 valence electrons. The van der Waals surface area contributed by atoms with Gasteiger partial charge in [0.25, 0.3) is 0 Å². The Balaban J connectivity index is 2.85. The predicted octanol–water partition coefficient (Wildman–Crippen LogP) is 0.0383. The maximum Gasteiger partial charge on any atom is 0.321 e. The maximum absolute atomic E-state index is 11.0. The third kappa shape index (κ3) is 1.71. The number of carbonyl (C=O) groups is 1. The largest absolute Gasteiger partial charge is 0.480 e. The number of hydrogen-bond donors (Lipinski definition) is 1. The van der Waals surface area contributed by atoms with Gasteiger partial charge in [0, 0.05) is 0 Å². The van der Waals surface area contributed by atoms with Crippen molar-refractivity contribution in [2.24, 2.45) is 0 Å². The smallest absolute Gasteiger partial charge is 0.321 e. The molecule has 0 aromatic heterocycles. The van der Waals surface area contributed by atoms with Gasteiger partial charge in [-0.2, -0.15) is 0 Å². The van der Waals surface area contributed by atoms with Crippen molar-refractivity contribution in [2.75, 3.05) is 5.75 Å². The van der Waals surface area contributed by atoms with Gasteiger partial charge in [0.2, 0.25) is 0 Å². The molecule has 0 unspecified atom stereocenters. The van der Waals surface area contributed by atoms with Crippen LogP contribution in [0.25, 0.3) is 0 Å². The molecular formula is C6H10O4S. The van der Waals surface area contributed by atoms with Crippen molar-refractivity contribution in [1.82, 2.24) is 0 Å².